The van der Waals surface area contributed by atoms with Gasteiger partial charge in [-0.05, 0) is 6.92 Å². The molecule has 0 bridgehead atoms. The zero-order valence-electron chi connectivity index (χ0n) is 4.91. The van der Waals surface area contributed by atoms with Crippen molar-refractivity contribution in [2.75, 3.05) is 6.61 Å². The zero-order chi connectivity index (χ0) is 5.86. The van der Waals surface area contributed by atoms with Crippen molar-refractivity contribution in [3.8, 4) is 0 Å². The zero-order valence-corrected chi connectivity index (χ0v) is 4.91. The van der Waals surface area contributed by atoms with Crippen molar-refractivity contribution in [3.63, 3.8) is 0 Å². The molecule has 0 aliphatic heterocycles. The van der Waals surface area contributed by atoms with E-state index in [0.29, 0.717) is 0 Å². The fraction of sp³-hybridized carbons (Fsp3) is 1.00. The number of aliphatic hydroxyl groups is 3. The third kappa shape index (κ3) is 4.01. The average molecular weight is 123 g/mol. The summed E-state index contributed by atoms with van der Waals surface area (Å²) in [7, 11) is 0. The molecule has 0 fully saturated rings. The van der Waals surface area contributed by atoms with Crippen LogP contribution in [-0.2, 0) is 0 Å². The third-order valence-electron chi connectivity index (χ3n) is 0.744. The maximum Gasteiger partial charge on any atom is 0.103 e. The Kier molecular flexibility index (Phi) is 6.70. The lowest BCUT2D eigenvalue weighted by molar-refractivity contribution is -0.00425. The van der Waals surface area contributed by atoms with Gasteiger partial charge < -0.3 is 21.5 Å². The summed E-state index contributed by atoms with van der Waals surface area (Å²) in [6, 6.07) is 0. The molecule has 0 aromatic rings. The molecule has 0 rings (SSSR count). The summed E-state index contributed by atoms with van der Waals surface area (Å²) in [6.07, 6.45) is -1.81. The minimum Gasteiger partial charge on any atom is -0.394 e. The van der Waals surface area contributed by atoms with E-state index in [2.05, 4.69) is 0 Å². The molecule has 0 spiro atoms. The molecule has 0 aliphatic rings. The van der Waals surface area contributed by atoms with E-state index in [0.717, 1.165) is 0 Å². The monoisotopic (exact) mass is 123 g/mol. The second kappa shape index (κ2) is 4.99. The molecule has 8 heavy (non-hydrogen) atoms. The molecule has 0 aromatic carbocycles. The van der Waals surface area contributed by atoms with Crippen LogP contribution in [0.5, 0.6) is 0 Å². The first-order valence-electron chi connectivity index (χ1n) is 2.15. The van der Waals surface area contributed by atoms with Crippen LogP contribution in [0.4, 0.5) is 0 Å². The number of hydrogen-bond acceptors (Lipinski definition) is 4. The van der Waals surface area contributed by atoms with Gasteiger partial charge in [0, 0.05) is 0 Å². The van der Waals surface area contributed by atoms with Crippen LogP contribution in [0, 0.1) is 0 Å². The highest BCUT2D eigenvalue weighted by Gasteiger charge is 2.06. The van der Waals surface area contributed by atoms with Crippen molar-refractivity contribution in [2.45, 2.75) is 19.1 Å². The Morgan fingerprint density at radius 2 is 1.75 bits per heavy atom. The summed E-state index contributed by atoms with van der Waals surface area (Å²) in [5.41, 5.74) is 0. The summed E-state index contributed by atoms with van der Waals surface area (Å²) in [5, 5.41) is 24.9. The van der Waals surface area contributed by atoms with Crippen LogP contribution >= 0.6 is 0 Å². The van der Waals surface area contributed by atoms with Crippen LogP contribution in [0.2, 0.25) is 0 Å². The molecule has 2 atom stereocenters. The molecule has 0 saturated heterocycles. The minimum atomic E-state index is -0.986. The molecule has 0 amide bonds. The number of hydrogen-bond donors (Lipinski definition) is 4. The van der Waals surface area contributed by atoms with Gasteiger partial charge in [0.25, 0.3) is 0 Å². The Labute approximate surface area is 48.4 Å². The van der Waals surface area contributed by atoms with Crippen molar-refractivity contribution in [1.29, 1.82) is 0 Å². The predicted molar refractivity (Wildman–Crippen MR) is 29.8 cm³/mol. The highest BCUT2D eigenvalue weighted by molar-refractivity contribution is 4.57. The quantitative estimate of drug-likeness (QED) is 0.374. The van der Waals surface area contributed by atoms with Crippen LogP contribution in [-0.4, -0.2) is 34.1 Å². The van der Waals surface area contributed by atoms with E-state index >= 15 is 0 Å². The number of aliphatic hydroxyl groups excluding tert-OH is 3. The Morgan fingerprint density at radius 3 is 1.75 bits per heavy atom. The Hall–Kier alpha value is -0.160. The first-order valence-corrected chi connectivity index (χ1v) is 2.15. The van der Waals surface area contributed by atoms with Crippen LogP contribution < -0.4 is 6.15 Å². The van der Waals surface area contributed by atoms with Gasteiger partial charge >= 0.3 is 0 Å². The van der Waals surface area contributed by atoms with E-state index in [1.54, 1.807) is 0 Å². The molecular weight excluding hydrogens is 110 g/mol. The maximum atomic E-state index is 8.44. The molecule has 4 nitrogen and oxygen atoms in total. The van der Waals surface area contributed by atoms with Crippen LogP contribution in [0.25, 0.3) is 0 Å². The highest BCUT2D eigenvalue weighted by atomic mass is 16.4. The first kappa shape index (κ1) is 10.8. The van der Waals surface area contributed by atoms with E-state index in [1.807, 2.05) is 0 Å². The van der Waals surface area contributed by atoms with E-state index in [1.165, 1.54) is 6.92 Å². The van der Waals surface area contributed by atoms with E-state index in [-0.39, 0.29) is 12.8 Å². The topological polar surface area (TPSA) is 95.7 Å². The standard InChI is InChI=1S/C4H10O3.H3N/c1-3(6)4(7)2-5;/h3-7H,2H2,1H3;1H3. The molecule has 0 radical (unpaired) electrons. The summed E-state index contributed by atoms with van der Waals surface area (Å²) in [5.74, 6) is 0. The first-order chi connectivity index (χ1) is 3.18. The molecular formula is C4H13NO3. The van der Waals surface area contributed by atoms with Gasteiger partial charge in [-0.2, -0.15) is 0 Å². The predicted octanol–water partition coefficient (Wildman–Crippen LogP) is -1.12. The van der Waals surface area contributed by atoms with Gasteiger partial charge in [0.1, 0.15) is 6.10 Å². The third-order valence-corrected chi connectivity index (χ3v) is 0.744. The molecule has 6 N–H and O–H groups in total. The van der Waals surface area contributed by atoms with E-state index in [9.17, 15) is 0 Å². The fourth-order valence-electron chi connectivity index (χ4n) is 0.153. The highest BCUT2D eigenvalue weighted by Crippen LogP contribution is 1.87. The molecule has 2 unspecified atom stereocenters. The Balaban J connectivity index is 0. The fourth-order valence-corrected chi connectivity index (χ4v) is 0.153. The molecule has 0 heterocycles. The molecule has 0 saturated carbocycles. The van der Waals surface area contributed by atoms with Crippen molar-refractivity contribution < 1.29 is 15.3 Å². The van der Waals surface area contributed by atoms with Crippen molar-refractivity contribution >= 4 is 0 Å². The van der Waals surface area contributed by atoms with Gasteiger partial charge in [0.05, 0.1) is 12.7 Å². The summed E-state index contributed by atoms with van der Waals surface area (Å²) in [4.78, 5) is 0. The Morgan fingerprint density at radius 1 is 1.38 bits per heavy atom. The maximum absolute atomic E-state index is 8.44. The van der Waals surface area contributed by atoms with E-state index < -0.39 is 12.2 Å². The molecule has 4 heteroatoms. The largest absolute Gasteiger partial charge is 0.394 e. The van der Waals surface area contributed by atoms with Crippen molar-refractivity contribution in [1.82, 2.24) is 6.15 Å². The second-order valence-electron chi connectivity index (χ2n) is 1.49. The smallest absolute Gasteiger partial charge is 0.103 e. The van der Waals surface area contributed by atoms with Crippen LogP contribution in [0.15, 0.2) is 0 Å². The lowest BCUT2D eigenvalue weighted by Gasteiger charge is -2.07. The summed E-state index contributed by atoms with van der Waals surface area (Å²) < 4.78 is 0. The van der Waals surface area contributed by atoms with Crippen molar-refractivity contribution in [3.05, 3.63) is 0 Å². The average Bonchev–Trinajstić information content (AvgIpc) is 1.65. The van der Waals surface area contributed by atoms with E-state index in [4.69, 9.17) is 15.3 Å². The lowest BCUT2D eigenvalue weighted by atomic mass is 10.2. The molecule has 52 valence electrons. The SMILES string of the molecule is CC(O)C(O)CO.N. The van der Waals surface area contributed by atoms with Gasteiger partial charge in [-0.1, -0.05) is 0 Å². The molecule has 0 aliphatic carbocycles. The van der Waals surface area contributed by atoms with Crippen LogP contribution in [0.3, 0.4) is 0 Å². The van der Waals surface area contributed by atoms with Crippen LogP contribution in [0.1, 0.15) is 6.92 Å². The molecule has 0 aromatic heterocycles. The summed E-state index contributed by atoms with van der Waals surface area (Å²) in [6.45, 7) is 1.04. The number of rotatable bonds is 2. The Bertz CT molecular complexity index is 48.5. The van der Waals surface area contributed by atoms with Gasteiger partial charge in [-0.3, -0.25) is 0 Å². The summed E-state index contributed by atoms with van der Waals surface area (Å²) >= 11 is 0. The van der Waals surface area contributed by atoms with Gasteiger partial charge in [-0.15, -0.1) is 0 Å². The van der Waals surface area contributed by atoms with Gasteiger partial charge in [0.15, 0.2) is 0 Å². The van der Waals surface area contributed by atoms with Crippen molar-refractivity contribution in [2.24, 2.45) is 0 Å². The van der Waals surface area contributed by atoms with Gasteiger partial charge in [-0.25, -0.2) is 0 Å². The lowest BCUT2D eigenvalue weighted by Crippen LogP contribution is -2.25. The minimum absolute atomic E-state index is 0. The van der Waals surface area contributed by atoms with Gasteiger partial charge in [0.2, 0.25) is 0 Å². The second-order valence-corrected chi connectivity index (χ2v) is 1.49. The normalized spacial score (nSPS) is 16.5.